The number of H-pyrrole nitrogens is 1. The van der Waals surface area contributed by atoms with Gasteiger partial charge in [0.05, 0.1) is 48.3 Å². The molecular weight excluding hydrogens is 1610 g/mol. The molecular formula is C89H114ClN11O20S. The molecule has 2 bridgehead atoms. The second-order valence-electron chi connectivity index (χ2n) is 33.2. The Hall–Kier alpha value is -10.2. The van der Waals surface area contributed by atoms with Crippen molar-refractivity contribution in [2.75, 3.05) is 72.2 Å². The Morgan fingerprint density at radius 2 is 1.52 bits per heavy atom. The lowest BCUT2D eigenvalue weighted by Gasteiger charge is -2.58. The Morgan fingerprint density at radius 1 is 0.820 bits per heavy atom. The number of alkyl carbamates (subject to hydrolysis) is 1. The number of nitrogens with zero attached hydrogens (tertiary/aromatic N) is 4. The number of imide groups is 1. The van der Waals surface area contributed by atoms with Crippen LogP contribution in [-0.2, 0) is 97.4 Å². The molecule has 3 unspecified atom stereocenters. The number of halogens is 1. The number of aromatic nitrogens is 1. The van der Waals surface area contributed by atoms with Gasteiger partial charge in [0.2, 0.25) is 47.3 Å². The Morgan fingerprint density at radius 3 is 2.23 bits per heavy atom. The van der Waals surface area contributed by atoms with Crippen LogP contribution < -0.4 is 42.0 Å². The molecule has 6 heterocycles. The topological polar surface area (TPSA) is 430 Å². The molecule has 1 aliphatic carbocycles. The summed E-state index contributed by atoms with van der Waals surface area (Å²) in [6, 6.07) is 18.6. The van der Waals surface area contributed by atoms with Crippen LogP contribution in [0.25, 0.3) is 10.9 Å². The number of phenolic OH excluding ortho intramolecular Hbond substituents is 1. The van der Waals surface area contributed by atoms with Crippen molar-refractivity contribution in [3.63, 3.8) is 0 Å². The number of hydrogen-bond acceptors (Lipinski definition) is 23. The third-order valence-electron chi connectivity index (χ3n) is 24.9. The largest absolute Gasteiger partial charge is 0.508 e. The van der Waals surface area contributed by atoms with Crippen LogP contribution in [0.4, 0.5) is 10.5 Å². The van der Waals surface area contributed by atoms with Crippen molar-refractivity contribution in [2.45, 2.75) is 208 Å². The number of ether oxygens (including phenoxy) is 5. The van der Waals surface area contributed by atoms with Crippen LogP contribution in [0.1, 0.15) is 128 Å². The van der Waals surface area contributed by atoms with Crippen molar-refractivity contribution in [3.05, 3.63) is 148 Å². The number of unbranched alkanes of at least 4 members (excludes halogenated alkanes) is 1. The monoisotopic (exact) mass is 1720 g/mol. The summed E-state index contributed by atoms with van der Waals surface area (Å²) < 4.78 is 31.3. The van der Waals surface area contributed by atoms with E-state index in [1.807, 2.05) is 68.3 Å². The normalized spacial score (nSPS) is 28.7. The third kappa shape index (κ3) is 21.0. The number of esters is 1. The number of amides is 9. The van der Waals surface area contributed by atoms with Gasteiger partial charge in [0, 0.05) is 140 Å². The van der Waals surface area contributed by atoms with Crippen molar-refractivity contribution in [1.29, 1.82) is 0 Å². The number of aliphatic hydroxyl groups is 2. The fourth-order valence-corrected chi connectivity index (χ4v) is 19.2. The smallest absolute Gasteiger partial charge is 0.409 e. The van der Waals surface area contributed by atoms with Crippen molar-refractivity contribution < 1.29 is 96.5 Å². The molecule has 11 N–H and O–H groups in total. The number of rotatable bonds is 27. The molecule has 9 amide bonds. The fraction of sp³-hybridized carbons (Fsp3) is 0.528. The number of phenols is 1. The van der Waals surface area contributed by atoms with E-state index >= 15 is 24.0 Å². The molecule has 31 nitrogen and oxygen atoms in total. The number of Topliss-reactive ketones (excluding diaryl/α,β-unsaturated/α-hetero) is 2. The molecule has 11 rings (SSSR count). The molecule has 0 radical (unpaired) electrons. The van der Waals surface area contributed by atoms with E-state index in [1.54, 1.807) is 67.7 Å². The van der Waals surface area contributed by atoms with Crippen LogP contribution in [0.5, 0.6) is 11.5 Å². The van der Waals surface area contributed by atoms with Crippen LogP contribution in [0.3, 0.4) is 0 Å². The van der Waals surface area contributed by atoms with Crippen LogP contribution >= 0.6 is 23.4 Å². The number of ketones is 2. The van der Waals surface area contributed by atoms with Crippen LogP contribution in [0.2, 0.25) is 5.02 Å². The van der Waals surface area contributed by atoms with E-state index in [-0.39, 0.29) is 95.5 Å². The van der Waals surface area contributed by atoms with Gasteiger partial charge in [-0.15, -0.1) is 11.8 Å². The number of para-hydroxylation sites is 1. The summed E-state index contributed by atoms with van der Waals surface area (Å²) in [6.07, 6.45) is 0.608. The zero-order valence-electron chi connectivity index (χ0n) is 70.6. The standard InChI is InChI=1S/C89H114ClN11O20S/c1-50-20-18-26-71(118-10)89(116)78-77(119-86(115)97-89)51(2)79-87(5,120-79)88(78,34-38-98(6)66-43-56(40-50)44-69(117-9)75(66)90)121-85(114)52(3)99(7)73(107)33-39-122-70-48-74(108)101(84(70)113)37-19-36-92-72(106)32-31-65-68(105)47-58(41-55-27-29-60(103)30-28-55)81(110)94-63(45-59-49-93-62-25-15-14-24-61(59)62)67(104)46-57(23-16-17-35-91)80(109)96-76(53(4)102)82(111)95-64(83(112)100(65)8)42-54-21-12-11-13-22-54/h11-15,18,20-22,24-30,43-44,49,51-53,57-58,63-65,70-71,76-79,93,102-103,116H,16-17,19,23,31-42,45-48,91H2,1-10H3,(H,92,106)(H,94,110)(H,95,111)(H,96,109)(H,97,115)/b26-18+,50-20+/t51-,52+,53-,57-,58-,63-,64+,65+,70?,71-,76+,77?,78?,79+,87-,88-,89-/m1/s1. The van der Waals surface area contributed by atoms with E-state index in [0.29, 0.717) is 52.4 Å². The SMILES string of the molecule is COc1cc2cc(c1Cl)N(C)CC[C@@]1(OC(=O)[C@H](C)N(C)C(=O)CCSC3CC(=O)N(CCCNC(=O)CC[C@H]4C(=O)C[C@@H](Cc5ccc(O)cc5)C(=O)N[C@H](Cc5c[nH]c6ccccc56)C(=O)C[C@@H](CCCCN)C(=O)N[C@@H]([C@@H](C)O)C(=O)N[C@@H](Cc5ccccc5)C(=O)N4C)C3=O)C3C(OC(=O)N[C@@]3(O)[C@H](OC)/C=C/C=C(\C)C2)[C@@H](C)[C@@H]2O[C@]21C. The molecule has 4 saturated heterocycles. The summed E-state index contributed by atoms with van der Waals surface area (Å²) in [6.45, 7) is 8.57. The number of anilines is 1. The van der Waals surface area contributed by atoms with E-state index < -0.39 is 191 Å². The summed E-state index contributed by atoms with van der Waals surface area (Å²) in [5, 5.41) is 48.8. The van der Waals surface area contributed by atoms with Gasteiger partial charge in [-0.05, 0) is 125 Å². The molecule has 33 heteroatoms. The summed E-state index contributed by atoms with van der Waals surface area (Å²) >= 11 is 8.12. The van der Waals surface area contributed by atoms with Crippen LogP contribution in [-0.4, -0.2) is 250 Å². The number of aliphatic hydroxyl groups excluding tert-OH is 1. The number of hydrogen-bond donors (Lipinski definition) is 10. The number of fused-ring (bicyclic) bond motifs is 5. The minimum absolute atomic E-state index is 0.0376. The van der Waals surface area contributed by atoms with E-state index in [0.717, 1.165) is 43.6 Å². The average molecular weight is 1730 g/mol. The molecule has 658 valence electrons. The first-order chi connectivity index (χ1) is 58.1. The van der Waals surface area contributed by atoms with Gasteiger partial charge in [0.15, 0.2) is 22.9 Å². The molecule has 5 aliphatic heterocycles. The summed E-state index contributed by atoms with van der Waals surface area (Å²) in [7, 11) is 7.48. The Labute approximate surface area is 719 Å². The molecule has 6 aliphatic rings. The number of nitrogens with two attached hydrogens (primary N) is 1. The number of aromatic amines is 1. The Kier molecular flexibility index (Phi) is 30.6. The van der Waals surface area contributed by atoms with Crippen molar-refractivity contribution >= 4 is 111 Å². The van der Waals surface area contributed by atoms with Gasteiger partial charge in [0.25, 0.3) is 0 Å². The minimum atomic E-state index is -2.30. The minimum Gasteiger partial charge on any atom is -0.508 e. The zero-order chi connectivity index (χ0) is 88.2. The number of allylic oxidation sites excluding steroid dienone is 3. The van der Waals surface area contributed by atoms with E-state index in [4.69, 9.17) is 41.0 Å². The maximum Gasteiger partial charge on any atom is 0.409 e. The molecule has 1 saturated carbocycles. The number of methoxy groups -OCH3 is 2. The molecule has 5 fully saturated rings. The lowest BCUT2D eigenvalue weighted by molar-refractivity contribution is -0.266. The lowest BCUT2D eigenvalue weighted by Crippen LogP contribution is -2.79. The number of benzene rings is 4. The van der Waals surface area contributed by atoms with Gasteiger partial charge in [-0.1, -0.05) is 109 Å². The molecule has 4 aromatic carbocycles. The first-order valence-electron chi connectivity index (χ1n) is 41.7. The first kappa shape index (κ1) is 92.5. The number of thioether (sulfide) groups is 1. The predicted molar refractivity (Wildman–Crippen MR) is 455 cm³/mol. The maximum atomic E-state index is 15.4. The Bertz CT molecular complexity index is 4760. The highest BCUT2D eigenvalue weighted by Gasteiger charge is 2.82. The van der Waals surface area contributed by atoms with Gasteiger partial charge >= 0.3 is 12.1 Å². The molecule has 17 atom stereocenters. The van der Waals surface area contributed by atoms with Gasteiger partial charge in [-0.25, -0.2) is 9.59 Å². The van der Waals surface area contributed by atoms with Gasteiger partial charge < -0.3 is 85.7 Å². The second-order valence-corrected chi connectivity index (χ2v) is 34.9. The van der Waals surface area contributed by atoms with E-state index in [1.165, 1.54) is 59.2 Å². The van der Waals surface area contributed by atoms with Gasteiger partial charge in [-0.2, -0.15) is 0 Å². The maximum absolute atomic E-state index is 15.4. The number of carbonyl (C=O) groups is 12. The van der Waals surface area contributed by atoms with Crippen molar-refractivity contribution in [3.8, 4) is 11.5 Å². The number of likely N-dealkylation sites (tertiary alicyclic amines) is 1. The number of nitrogens with one attached hydrogen (secondary N) is 6. The zero-order valence-corrected chi connectivity index (χ0v) is 72.2. The van der Waals surface area contributed by atoms with E-state index in [9.17, 15) is 48.9 Å². The molecule has 0 spiro atoms. The van der Waals surface area contributed by atoms with E-state index in [2.05, 4.69) is 31.6 Å². The molecule has 1 aromatic heterocycles. The summed E-state index contributed by atoms with van der Waals surface area (Å²) in [5.74, 6) is -11.1. The highest BCUT2D eigenvalue weighted by atomic mass is 35.5. The van der Waals surface area contributed by atoms with Crippen LogP contribution in [0.15, 0.2) is 121 Å². The highest BCUT2D eigenvalue weighted by Crippen LogP contribution is 2.64. The number of aromatic hydroxyl groups is 1. The molecule has 122 heavy (non-hydrogen) atoms. The van der Waals surface area contributed by atoms with Crippen molar-refractivity contribution in [2.24, 2.45) is 29.4 Å². The van der Waals surface area contributed by atoms with Gasteiger partial charge in [-0.3, -0.25) is 58.2 Å². The number of likely N-dealkylation sites (N-methyl/N-ethyl adjacent to an activating group) is 2. The lowest BCUT2D eigenvalue weighted by atomic mass is 9.57. The highest BCUT2D eigenvalue weighted by molar-refractivity contribution is 8.00. The third-order valence-corrected chi connectivity index (χ3v) is 26.5. The summed E-state index contributed by atoms with van der Waals surface area (Å²) in [5.41, 5.74) is 5.38. The van der Waals surface area contributed by atoms with Gasteiger partial charge in [0.1, 0.15) is 52.5 Å². The number of epoxide rings is 1. The van der Waals surface area contributed by atoms with Crippen LogP contribution in [0, 0.1) is 23.7 Å². The first-order valence-corrected chi connectivity index (χ1v) is 43.1. The number of carbonyl (C=O) groups excluding carboxylic acids is 12. The quantitative estimate of drug-likeness (QED) is 0.0125. The molecule has 5 aromatic rings. The predicted octanol–water partition coefficient (Wildman–Crippen LogP) is 6.01. The average Bonchev–Trinajstić information content (AvgIpc) is 1.49. The van der Waals surface area contributed by atoms with Crippen molar-refractivity contribution in [1.82, 2.24) is 46.3 Å². The Balaban J connectivity index is 0.760. The second kappa shape index (κ2) is 40.4. The fourth-order valence-electron chi connectivity index (χ4n) is 17.8. The summed E-state index contributed by atoms with van der Waals surface area (Å²) in [4.78, 5) is 183.